The number of hydrogen-bond acceptors (Lipinski definition) is 4. The molecule has 0 saturated carbocycles. The Bertz CT molecular complexity index is 351. The van der Waals surface area contributed by atoms with E-state index < -0.39 is 0 Å². The number of hydrogen-bond donors (Lipinski definition) is 1. The molecule has 2 rings (SSSR count). The van der Waals surface area contributed by atoms with Gasteiger partial charge in [-0.1, -0.05) is 6.07 Å². The summed E-state index contributed by atoms with van der Waals surface area (Å²) in [4.78, 5) is 2.34. The van der Waals surface area contributed by atoms with Gasteiger partial charge in [-0.25, -0.2) is 0 Å². The van der Waals surface area contributed by atoms with Gasteiger partial charge in [0, 0.05) is 24.6 Å². The van der Waals surface area contributed by atoms with Gasteiger partial charge in [-0.15, -0.1) is 0 Å². The van der Waals surface area contributed by atoms with Gasteiger partial charge in [0.15, 0.2) is 0 Å². The summed E-state index contributed by atoms with van der Waals surface area (Å²) in [6, 6.07) is 6.02. The highest BCUT2D eigenvalue weighted by molar-refractivity contribution is 7.99. The molecule has 1 aliphatic heterocycles. The zero-order valence-corrected chi connectivity index (χ0v) is 10.4. The molecular formula is C12H18N2OS. The van der Waals surface area contributed by atoms with Gasteiger partial charge in [0.25, 0.3) is 0 Å². The van der Waals surface area contributed by atoms with E-state index in [0.717, 1.165) is 30.2 Å². The van der Waals surface area contributed by atoms with Gasteiger partial charge in [-0.2, -0.15) is 11.8 Å². The standard InChI is InChI=1S/C12H18N2OS/c1-2-15-11-5-3-4-10(12(11)13)14-6-8-16-9-7-14/h3-5H,2,6-9,13H2,1H3. The van der Waals surface area contributed by atoms with Gasteiger partial charge >= 0.3 is 0 Å². The molecule has 2 N–H and O–H groups in total. The number of nitrogens with zero attached hydrogens (tertiary/aromatic N) is 1. The monoisotopic (exact) mass is 238 g/mol. The molecule has 3 nitrogen and oxygen atoms in total. The fourth-order valence-electron chi connectivity index (χ4n) is 1.89. The van der Waals surface area contributed by atoms with Gasteiger partial charge in [0.2, 0.25) is 0 Å². The van der Waals surface area contributed by atoms with E-state index in [9.17, 15) is 0 Å². The quantitative estimate of drug-likeness (QED) is 0.820. The van der Waals surface area contributed by atoms with Crippen molar-refractivity contribution in [3.05, 3.63) is 18.2 Å². The van der Waals surface area contributed by atoms with Crippen LogP contribution in [-0.2, 0) is 0 Å². The van der Waals surface area contributed by atoms with Crippen LogP contribution in [0.15, 0.2) is 18.2 Å². The average Bonchev–Trinajstić information content (AvgIpc) is 2.33. The van der Waals surface area contributed by atoms with E-state index in [-0.39, 0.29) is 0 Å². The number of nitrogen functional groups attached to an aromatic ring is 1. The molecule has 1 saturated heterocycles. The van der Waals surface area contributed by atoms with Crippen LogP contribution < -0.4 is 15.4 Å². The minimum Gasteiger partial charge on any atom is -0.492 e. The van der Waals surface area contributed by atoms with Crippen LogP contribution in [0.5, 0.6) is 5.75 Å². The Kier molecular flexibility index (Phi) is 3.83. The van der Waals surface area contributed by atoms with Crippen molar-refractivity contribution in [2.24, 2.45) is 0 Å². The molecule has 0 spiro atoms. The summed E-state index contributed by atoms with van der Waals surface area (Å²) >= 11 is 2.00. The smallest absolute Gasteiger partial charge is 0.144 e. The van der Waals surface area contributed by atoms with E-state index in [0.29, 0.717) is 6.61 Å². The largest absolute Gasteiger partial charge is 0.492 e. The van der Waals surface area contributed by atoms with Gasteiger partial charge in [-0.3, -0.25) is 0 Å². The molecule has 16 heavy (non-hydrogen) atoms. The molecule has 88 valence electrons. The minimum atomic E-state index is 0.656. The Labute approximate surface area is 101 Å². The number of para-hydroxylation sites is 1. The topological polar surface area (TPSA) is 38.5 Å². The average molecular weight is 238 g/mol. The van der Waals surface area contributed by atoms with Crippen LogP contribution >= 0.6 is 11.8 Å². The number of rotatable bonds is 3. The maximum atomic E-state index is 6.13. The lowest BCUT2D eigenvalue weighted by atomic mass is 10.2. The molecule has 1 aliphatic rings. The maximum absolute atomic E-state index is 6.13. The molecule has 4 heteroatoms. The van der Waals surface area contributed by atoms with Crippen molar-refractivity contribution in [2.75, 3.05) is 41.8 Å². The Morgan fingerprint density at radius 3 is 2.81 bits per heavy atom. The van der Waals surface area contributed by atoms with E-state index in [1.807, 2.05) is 30.8 Å². The van der Waals surface area contributed by atoms with Crippen molar-refractivity contribution in [1.29, 1.82) is 0 Å². The molecule has 0 unspecified atom stereocenters. The van der Waals surface area contributed by atoms with Crippen LogP contribution in [0.2, 0.25) is 0 Å². The highest BCUT2D eigenvalue weighted by Crippen LogP contribution is 2.33. The second kappa shape index (κ2) is 5.34. The lowest BCUT2D eigenvalue weighted by Crippen LogP contribution is -2.33. The lowest BCUT2D eigenvalue weighted by molar-refractivity contribution is 0.342. The van der Waals surface area contributed by atoms with Crippen molar-refractivity contribution >= 4 is 23.1 Å². The second-order valence-corrected chi connectivity index (χ2v) is 4.95. The van der Waals surface area contributed by atoms with Crippen molar-refractivity contribution in [2.45, 2.75) is 6.92 Å². The first kappa shape index (κ1) is 11.5. The van der Waals surface area contributed by atoms with Crippen LogP contribution in [0.4, 0.5) is 11.4 Å². The maximum Gasteiger partial charge on any atom is 0.144 e. The Morgan fingerprint density at radius 2 is 2.12 bits per heavy atom. The SMILES string of the molecule is CCOc1cccc(N2CCSCC2)c1N. The number of thioether (sulfide) groups is 1. The Morgan fingerprint density at radius 1 is 1.38 bits per heavy atom. The molecule has 0 bridgehead atoms. The van der Waals surface area contributed by atoms with E-state index in [4.69, 9.17) is 10.5 Å². The molecule has 1 heterocycles. The van der Waals surface area contributed by atoms with Gasteiger partial charge in [-0.05, 0) is 19.1 Å². The molecule has 0 atom stereocenters. The summed E-state index contributed by atoms with van der Waals surface area (Å²) in [6.45, 7) is 4.78. The van der Waals surface area contributed by atoms with E-state index in [2.05, 4.69) is 11.0 Å². The number of anilines is 2. The molecule has 0 aromatic heterocycles. The zero-order valence-electron chi connectivity index (χ0n) is 9.61. The van der Waals surface area contributed by atoms with Crippen LogP contribution in [0, 0.1) is 0 Å². The first-order valence-electron chi connectivity index (χ1n) is 5.67. The number of ether oxygens (including phenoxy) is 1. The third kappa shape index (κ3) is 2.38. The van der Waals surface area contributed by atoms with Gasteiger partial charge in [0.05, 0.1) is 18.0 Å². The first-order valence-corrected chi connectivity index (χ1v) is 6.82. The summed E-state index contributed by atoms with van der Waals surface area (Å²) in [5, 5.41) is 0. The summed E-state index contributed by atoms with van der Waals surface area (Å²) in [5.74, 6) is 3.16. The van der Waals surface area contributed by atoms with Gasteiger partial charge in [0.1, 0.15) is 5.75 Å². The van der Waals surface area contributed by atoms with E-state index in [1.54, 1.807) is 0 Å². The molecule has 1 aromatic carbocycles. The summed E-state index contributed by atoms with van der Waals surface area (Å²) in [7, 11) is 0. The minimum absolute atomic E-state index is 0.656. The highest BCUT2D eigenvalue weighted by atomic mass is 32.2. The molecule has 0 amide bonds. The predicted octanol–water partition coefficient (Wildman–Crippen LogP) is 2.22. The fourth-order valence-corrected chi connectivity index (χ4v) is 2.80. The van der Waals surface area contributed by atoms with E-state index in [1.165, 1.54) is 11.5 Å². The van der Waals surface area contributed by atoms with Crippen molar-refractivity contribution in [3.63, 3.8) is 0 Å². The molecule has 0 aliphatic carbocycles. The highest BCUT2D eigenvalue weighted by Gasteiger charge is 2.15. The lowest BCUT2D eigenvalue weighted by Gasteiger charge is -2.30. The molecule has 0 radical (unpaired) electrons. The molecule has 1 aromatic rings. The first-order chi connectivity index (χ1) is 7.83. The van der Waals surface area contributed by atoms with Crippen molar-refractivity contribution in [1.82, 2.24) is 0 Å². The van der Waals surface area contributed by atoms with Crippen LogP contribution in [0.25, 0.3) is 0 Å². The zero-order chi connectivity index (χ0) is 11.4. The molecule has 1 fully saturated rings. The fraction of sp³-hybridized carbons (Fsp3) is 0.500. The number of benzene rings is 1. The summed E-state index contributed by atoms with van der Waals surface area (Å²) in [5.41, 5.74) is 8.02. The van der Waals surface area contributed by atoms with Crippen molar-refractivity contribution in [3.8, 4) is 5.75 Å². The Balaban J connectivity index is 2.22. The number of nitrogens with two attached hydrogens (primary N) is 1. The Hall–Kier alpha value is -1.03. The summed E-state index contributed by atoms with van der Waals surface area (Å²) in [6.07, 6.45) is 0. The van der Waals surface area contributed by atoms with Gasteiger partial charge < -0.3 is 15.4 Å². The van der Waals surface area contributed by atoms with Crippen molar-refractivity contribution < 1.29 is 4.74 Å². The van der Waals surface area contributed by atoms with Crippen LogP contribution in [-0.4, -0.2) is 31.2 Å². The summed E-state index contributed by atoms with van der Waals surface area (Å²) < 4.78 is 5.51. The third-order valence-electron chi connectivity index (χ3n) is 2.69. The molecular weight excluding hydrogens is 220 g/mol. The second-order valence-electron chi connectivity index (χ2n) is 3.72. The van der Waals surface area contributed by atoms with Crippen LogP contribution in [0.3, 0.4) is 0 Å². The predicted molar refractivity (Wildman–Crippen MR) is 71.6 cm³/mol. The van der Waals surface area contributed by atoms with Crippen LogP contribution in [0.1, 0.15) is 6.92 Å². The normalized spacial score (nSPS) is 16.2. The van der Waals surface area contributed by atoms with E-state index >= 15 is 0 Å². The third-order valence-corrected chi connectivity index (χ3v) is 3.64.